The van der Waals surface area contributed by atoms with Gasteiger partial charge in [0.1, 0.15) is 11.7 Å². The van der Waals surface area contributed by atoms with Crippen molar-refractivity contribution in [1.29, 1.82) is 0 Å². The highest BCUT2D eigenvalue weighted by atomic mass is 16.5. The summed E-state index contributed by atoms with van der Waals surface area (Å²) in [6.45, 7) is 1.22. The number of carboxylic acid groups (broad SMARTS) is 1. The Kier molecular flexibility index (Phi) is 6.06. The van der Waals surface area contributed by atoms with Crippen LogP contribution in [0.15, 0.2) is 60.8 Å². The number of aliphatic carboxylic acids is 1. The lowest BCUT2D eigenvalue weighted by Crippen LogP contribution is -2.37. The van der Waals surface area contributed by atoms with E-state index in [4.69, 9.17) is 5.21 Å². The highest BCUT2D eigenvalue weighted by molar-refractivity contribution is 5.94. The number of nitrogens with zero attached hydrogens (tertiary/aromatic N) is 4. The molecule has 2 heterocycles. The molecule has 0 saturated carbocycles. The second kappa shape index (κ2) is 9.07. The lowest BCUT2D eigenvalue weighted by molar-refractivity contribution is -0.142. The fraction of sp³-hybridized carbons (Fsp3) is 0.273. The van der Waals surface area contributed by atoms with Crippen molar-refractivity contribution in [2.75, 3.05) is 13.1 Å². The highest BCUT2D eigenvalue weighted by Crippen LogP contribution is 2.28. The van der Waals surface area contributed by atoms with E-state index in [0.29, 0.717) is 36.3 Å². The van der Waals surface area contributed by atoms with Gasteiger partial charge in [0.05, 0.1) is 12.2 Å². The van der Waals surface area contributed by atoms with Gasteiger partial charge in [-0.3, -0.25) is 19.7 Å². The van der Waals surface area contributed by atoms with Crippen LogP contribution in [0.3, 0.4) is 0 Å². The predicted octanol–water partition coefficient (Wildman–Crippen LogP) is 2.01. The molecule has 1 aromatic heterocycles. The van der Waals surface area contributed by atoms with Gasteiger partial charge in [0.15, 0.2) is 0 Å². The van der Waals surface area contributed by atoms with Crippen LogP contribution in [-0.4, -0.2) is 61.2 Å². The number of hydroxylamine groups is 1. The van der Waals surface area contributed by atoms with Crippen molar-refractivity contribution in [2.24, 2.45) is 0 Å². The van der Waals surface area contributed by atoms with Crippen LogP contribution in [0.5, 0.6) is 0 Å². The van der Waals surface area contributed by atoms with Gasteiger partial charge in [0.2, 0.25) is 0 Å². The van der Waals surface area contributed by atoms with E-state index in [1.54, 1.807) is 40.6 Å². The summed E-state index contributed by atoms with van der Waals surface area (Å²) in [5, 5.41) is 26.9. The number of carbonyl (C=O) groups is 2. The number of hydrogen-bond acceptors (Lipinski definition) is 6. The summed E-state index contributed by atoms with van der Waals surface area (Å²) >= 11 is 0. The molecule has 0 radical (unpaired) electrons. The summed E-state index contributed by atoms with van der Waals surface area (Å²) in [5.41, 5.74) is 4.34. The van der Waals surface area contributed by atoms with Crippen LogP contribution in [-0.2, 0) is 11.2 Å². The van der Waals surface area contributed by atoms with Crippen molar-refractivity contribution >= 4 is 11.9 Å². The summed E-state index contributed by atoms with van der Waals surface area (Å²) in [7, 11) is 0. The number of likely N-dealkylation sites (tertiary alicyclic amines) is 1. The minimum atomic E-state index is -0.835. The molecular formula is C22H23N5O4. The summed E-state index contributed by atoms with van der Waals surface area (Å²) in [6.07, 6.45) is 2.99. The fourth-order valence-electron chi connectivity index (χ4n) is 3.96. The van der Waals surface area contributed by atoms with Crippen molar-refractivity contribution in [3.8, 4) is 11.3 Å². The SMILES string of the molecule is O=C(NO)c1cccc(-c2cn([C@H]3C[C@H](C(=O)O)N(CCc4ccccc4)C3)nn2)c1. The molecule has 2 atom stereocenters. The Morgan fingerprint density at radius 3 is 2.68 bits per heavy atom. The zero-order chi connectivity index (χ0) is 21.8. The molecule has 0 aliphatic carbocycles. The van der Waals surface area contributed by atoms with Crippen LogP contribution in [0.4, 0.5) is 0 Å². The molecule has 3 aromatic rings. The highest BCUT2D eigenvalue weighted by Gasteiger charge is 2.37. The summed E-state index contributed by atoms with van der Waals surface area (Å²) in [4.78, 5) is 25.4. The number of carbonyl (C=O) groups excluding carboxylic acids is 1. The first kappa shape index (κ1) is 20.7. The van der Waals surface area contributed by atoms with Crippen molar-refractivity contribution in [3.63, 3.8) is 0 Å². The second-order valence-corrected chi connectivity index (χ2v) is 7.58. The number of nitrogens with one attached hydrogen (secondary N) is 1. The zero-order valence-electron chi connectivity index (χ0n) is 16.8. The van der Waals surface area contributed by atoms with Crippen LogP contribution < -0.4 is 5.48 Å². The maximum atomic E-state index is 11.8. The molecule has 0 unspecified atom stereocenters. The lowest BCUT2D eigenvalue weighted by Gasteiger charge is -2.20. The summed E-state index contributed by atoms with van der Waals surface area (Å²) < 4.78 is 1.70. The molecule has 9 nitrogen and oxygen atoms in total. The first-order valence-corrected chi connectivity index (χ1v) is 10.0. The van der Waals surface area contributed by atoms with Crippen molar-refractivity contribution < 1.29 is 19.9 Å². The molecule has 160 valence electrons. The summed E-state index contributed by atoms with van der Waals surface area (Å²) in [6, 6.07) is 16.0. The Morgan fingerprint density at radius 2 is 1.94 bits per heavy atom. The van der Waals surface area contributed by atoms with Gasteiger partial charge in [-0.05, 0) is 30.5 Å². The Labute approximate surface area is 178 Å². The molecule has 0 bridgehead atoms. The first-order chi connectivity index (χ1) is 15.0. The van der Waals surface area contributed by atoms with Gasteiger partial charge in [0.25, 0.3) is 5.91 Å². The van der Waals surface area contributed by atoms with Gasteiger partial charge in [-0.2, -0.15) is 0 Å². The molecule has 2 aromatic carbocycles. The Bertz CT molecular complexity index is 1070. The number of rotatable bonds is 7. The van der Waals surface area contributed by atoms with E-state index in [2.05, 4.69) is 10.3 Å². The molecule has 1 aliphatic heterocycles. The normalized spacial score (nSPS) is 18.7. The fourth-order valence-corrected chi connectivity index (χ4v) is 3.96. The molecule has 1 fully saturated rings. The molecule has 1 amide bonds. The van der Waals surface area contributed by atoms with E-state index in [-0.39, 0.29) is 6.04 Å². The summed E-state index contributed by atoms with van der Waals surface area (Å²) in [5.74, 6) is -1.44. The Balaban J connectivity index is 1.48. The predicted molar refractivity (Wildman–Crippen MR) is 112 cm³/mol. The van der Waals surface area contributed by atoms with E-state index in [1.165, 1.54) is 5.56 Å². The Hall–Kier alpha value is -3.56. The van der Waals surface area contributed by atoms with Gasteiger partial charge >= 0.3 is 5.97 Å². The van der Waals surface area contributed by atoms with Crippen molar-refractivity contribution in [2.45, 2.75) is 24.9 Å². The number of amides is 1. The van der Waals surface area contributed by atoms with E-state index in [9.17, 15) is 14.7 Å². The molecule has 9 heteroatoms. The van der Waals surface area contributed by atoms with Gasteiger partial charge < -0.3 is 5.11 Å². The number of carboxylic acids is 1. The largest absolute Gasteiger partial charge is 0.480 e. The molecule has 1 aliphatic rings. The maximum absolute atomic E-state index is 11.8. The lowest BCUT2D eigenvalue weighted by atomic mass is 10.1. The zero-order valence-corrected chi connectivity index (χ0v) is 16.8. The third kappa shape index (κ3) is 4.62. The quantitative estimate of drug-likeness (QED) is 0.394. The molecule has 31 heavy (non-hydrogen) atoms. The van der Waals surface area contributed by atoms with E-state index in [0.717, 1.165) is 6.42 Å². The van der Waals surface area contributed by atoms with Gasteiger partial charge in [0, 0.05) is 24.2 Å². The van der Waals surface area contributed by atoms with Crippen LogP contribution in [0, 0.1) is 0 Å². The van der Waals surface area contributed by atoms with Crippen LogP contribution in [0.2, 0.25) is 0 Å². The van der Waals surface area contributed by atoms with E-state index >= 15 is 0 Å². The van der Waals surface area contributed by atoms with Gasteiger partial charge in [-0.25, -0.2) is 10.2 Å². The van der Waals surface area contributed by atoms with E-state index < -0.39 is 17.9 Å². The molecule has 4 rings (SSSR count). The number of benzene rings is 2. The average Bonchev–Trinajstić information content (AvgIpc) is 3.45. The van der Waals surface area contributed by atoms with Crippen LogP contribution >= 0.6 is 0 Å². The van der Waals surface area contributed by atoms with Crippen molar-refractivity contribution in [3.05, 3.63) is 71.9 Å². The third-order valence-corrected chi connectivity index (χ3v) is 5.60. The van der Waals surface area contributed by atoms with Gasteiger partial charge in [-0.1, -0.05) is 47.7 Å². The third-order valence-electron chi connectivity index (χ3n) is 5.60. The number of aromatic nitrogens is 3. The monoisotopic (exact) mass is 421 g/mol. The standard InChI is InChI=1S/C22H23N5O4/c28-21(24-31)17-8-4-7-16(11-17)19-14-27(25-23-19)18-12-20(22(29)30)26(13-18)10-9-15-5-2-1-3-6-15/h1-8,11,14,18,20,31H,9-10,12-13H2,(H,24,28)(H,29,30)/t18-,20+/m0/s1. The van der Waals surface area contributed by atoms with Crippen LogP contribution in [0.25, 0.3) is 11.3 Å². The topological polar surface area (TPSA) is 121 Å². The second-order valence-electron chi connectivity index (χ2n) is 7.58. The smallest absolute Gasteiger partial charge is 0.321 e. The number of hydrogen-bond donors (Lipinski definition) is 3. The first-order valence-electron chi connectivity index (χ1n) is 10.0. The molecule has 0 spiro atoms. The van der Waals surface area contributed by atoms with E-state index in [1.807, 2.05) is 35.2 Å². The average molecular weight is 421 g/mol. The Morgan fingerprint density at radius 1 is 1.13 bits per heavy atom. The van der Waals surface area contributed by atoms with Crippen LogP contribution in [0.1, 0.15) is 28.4 Å². The van der Waals surface area contributed by atoms with Crippen molar-refractivity contribution in [1.82, 2.24) is 25.4 Å². The van der Waals surface area contributed by atoms with Gasteiger partial charge in [-0.15, -0.1) is 5.10 Å². The molecule has 1 saturated heterocycles. The molecule has 3 N–H and O–H groups in total. The molecular weight excluding hydrogens is 398 g/mol. The minimum absolute atomic E-state index is 0.109. The maximum Gasteiger partial charge on any atom is 0.321 e. The minimum Gasteiger partial charge on any atom is -0.480 e.